The van der Waals surface area contributed by atoms with Gasteiger partial charge in [0.05, 0.1) is 0 Å². The summed E-state index contributed by atoms with van der Waals surface area (Å²) in [6.07, 6.45) is 1.06. The van der Waals surface area contributed by atoms with Crippen LogP contribution in [0, 0.1) is 0 Å². The summed E-state index contributed by atoms with van der Waals surface area (Å²) in [4.78, 5) is 6.84. The number of halogens is 1. The van der Waals surface area contributed by atoms with Gasteiger partial charge in [-0.25, -0.2) is 9.38 Å². The maximum absolute atomic E-state index is 11.2. The largest absolute Gasteiger partial charge is 0.368 e. The zero-order chi connectivity index (χ0) is 6.41. The first-order valence-corrected chi connectivity index (χ1v) is 2.12. The zero-order valence-corrected chi connectivity index (χ0v) is 4.63. The summed E-state index contributed by atoms with van der Waals surface area (Å²) in [6.45, 7) is -0.601. The van der Waals surface area contributed by atoms with Gasteiger partial charge in [-0.15, -0.1) is 0 Å². The number of hydrogen-bond donors (Lipinski definition) is 1. The molecule has 0 aliphatic carbocycles. The van der Waals surface area contributed by atoms with Crippen LogP contribution in [0.1, 0.15) is 0 Å². The van der Waals surface area contributed by atoms with Crippen LogP contribution in [0.2, 0.25) is 0 Å². The molecule has 0 aromatic carbocycles. The van der Waals surface area contributed by atoms with Crippen molar-refractivity contribution in [1.29, 1.82) is 0 Å². The SMILES string of the molecule is CN=C(N)N=CCF. The second kappa shape index (κ2) is 4.23. The number of hydrogen-bond acceptors (Lipinski definition) is 1. The Kier molecular flexibility index (Phi) is 3.74. The van der Waals surface area contributed by atoms with Gasteiger partial charge in [0.25, 0.3) is 0 Å². The highest BCUT2D eigenvalue weighted by molar-refractivity contribution is 5.86. The number of aliphatic imine (C=N–C) groups is 2. The molecule has 0 aliphatic heterocycles. The van der Waals surface area contributed by atoms with E-state index in [1.165, 1.54) is 7.05 Å². The average Bonchev–Trinajstić information content (AvgIpc) is 1.83. The van der Waals surface area contributed by atoms with Gasteiger partial charge in [-0.05, 0) is 0 Å². The molecule has 2 N–H and O–H groups in total. The molecule has 4 heteroatoms. The molecular weight excluding hydrogens is 109 g/mol. The van der Waals surface area contributed by atoms with Crippen LogP contribution in [0.3, 0.4) is 0 Å². The summed E-state index contributed by atoms with van der Waals surface area (Å²) in [5.41, 5.74) is 5.04. The highest BCUT2D eigenvalue weighted by Crippen LogP contribution is 1.66. The van der Waals surface area contributed by atoms with Crippen LogP contribution >= 0.6 is 0 Å². The molecule has 46 valence electrons. The van der Waals surface area contributed by atoms with E-state index in [1.807, 2.05) is 0 Å². The minimum atomic E-state index is -0.601. The fourth-order valence-corrected chi connectivity index (χ4v) is 0.186. The van der Waals surface area contributed by atoms with E-state index in [4.69, 9.17) is 5.73 Å². The van der Waals surface area contributed by atoms with Crippen molar-refractivity contribution in [2.24, 2.45) is 15.7 Å². The number of rotatable bonds is 1. The van der Waals surface area contributed by atoms with E-state index in [2.05, 4.69) is 9.98 Å². The van der Waals surface area contributed by atoms with Crippen molar-refractivity contribution < 1.29 is 4.39 Å². The van der Waals surface area contributed by atoms with E-state index < -0.39 is 6.67 Å². The van der Waals surface area contributed by atoms with Gasteiger partial charge in [-0.3, -0.25) is 4.99 Å². The topological polar surface area (TPSA) is 50.7 Å². The normalized spacial score (nSPS) is 13.0. The molecule has 0 rings (SSSR count). The first-order chi connectivity index (χ1) is 3.81. The van der Waals surface area contributed by atoms with Crippen LogP contribution in [0.4, 0.5) is 4.39 Å². The highest BCUT2D eigenvalue weighted by atomic mass is 19.1. The summed E-state index contributed by atoms with van der Waals surface area (Å²) < 4.78 is 11.2. The molecule has 0 radical (unpaired) electrons. The van der Waals surface area contributed by atoms with Crippen molar-refractivity contribution >= 4 is 12.2 Å². The Morgan fingerprint density at radius 2 is 2.50 bits per heavy atom. The molecule has 0 atom stereocenters. The Bertz CT molecular complexity index is 108. The van der Waals surface area contributed by atoms with Crippen molar-refractivity contribution in [3.63, 3.8) is 0 Å². The quantitative estimate of drug-likeness (QED) is 0.380. The maximum atomic E-state index is 11.2. The summed E-state index contributed by atoms with van der Waals surface area (Å²) in [6, 6.07) is 0. The number of guanidine groups is 1. The van der Waals surface area contributed by atoms with E-state index in [-0.39, 0.29) is 5.96 Å². The van der Waals surface area contributed by atoms with E-state index in [1.54, 1.807) is 0 Å². The molecule has 0 saturated heterocycles. The molecule has 0 fully saturated rings. The van der Waals surface area contributed by atoms with Crippen LogP contribution in [0.5, 0.6) is 0 Å². The molecule has 0 heterocycles. The Hall–Kier alpha value is -0.930. The first kappa shape index (κ1) is 7.07. The lowest BCUT2D eigenvalue weighted by atomic mass is 10.8. The lowest BCUT2D eigenvalue weighted by Gasteiger charge is -1.82. The smallest absolute Gasteiger partial charge is 0.214 e. The molecule has 0 aromatic heterocycles. The van der Waals surface area contributed by atoms with Gasteiger partial charge in [-0.1, -0.05) is 0 Å². The van der Waals surface area contributed by atoms with E-state index >= 15 is 0 Å². The van der Waals surface area contributed by atoms with Gasteiger partial charge in [0.1, 0.15) is 6.67 Å². The van der Waals surface area contributed by atoms with Gasteiger partial charge < -0.3 is 5.73 Å². The van der Waals surface area contributed by atoms with E-state index in [0.717, 1.165) is 6.21 Å². The molecule has 0 aliphatic rings. The summed E-state index contributed by atoms with van der Waals surface area (Å²) in [7, 11) is 1.49. The molecule has 3 nitrogen and oxygen atoms in total. The average molecular weight is 117 g/mol. The molecular formula is C4H8FN3. The fraction of sp³-hybridized carbons (Fsp3) is 0.500. The Labute approximate surface area is 47.1 Å². The van der Waals surface area contributed by atoms with Crippen molar-refractivity contribution in [1.82, 2.24) is 0 Å². The minimum absolute atomic E-state index is 0.0997. The summed E-state index contributed by atoms with van der Waals surface area (Å²) in [5.74, 6) is 0.0997. The lowest BCUT2D eigenvalue weighted by Crippen LogP contribution is -2.07. The standard InChI is InChI=1S/C4H8FN3/c1-7-4(6)8-3-2-5/h3H,2H2,1H3,(H2,6,7). The molecule has 0 aromatic rings. The first-order valence-electron chi connectivity index (χ1n) is 2.12. The monoisotopic (exact) mass is 117 g/mol. The minimum Gasteiger partial charge on any atom is -0.368 e. The number of nitrogens with zero attached hydrogens (tertiary/aromatic N) is 2. The van der Waals surface area contributed by atoms with Crippen LogP contribution in [-0.2, 0) is 0 Å². The van der Waals surface area contributed by atoms with Gasteiger partial charge in [0.2, 0.25) is 5.96 Å². The van der Waals surface area contributed by atoms with Crippen LogP contribution < -0.4 is 5.73 Å². The number of alkyl halides is 1. The third-order valence-corrected chi connectivity index (χ3v) is 0.522. The van der Waals surface area contributed by atoms with Gasteiger partial charge in [0.15, 0.2) is 0 Å². The fourth-order valence-electron chi connectivity index (χ4n) is 0.186. The highest BCUT2D eigenvalue weighted by Gasteiger charge is 1.76. The Balaban J connectivity index is 3.53. The van der Waals surface area contributed by atoms with Crippen molar-refractivity contribution in [2.45, 2.75) is 0 Å². The van der Waals surface area contributed by atoms with Gasteiger partial charge in [0, 0.05) is 13.3 Å². The summed E-state index contributed by atoms with van der Waals surface area (Å²) >= 11 is 0. The van der Waals surface area contributed by atoms with Crippen molar-refractivity contribution in [3.8, 4) is 0 Å². The zero-order valence-electron chi connectivity index (χ0n) is 4.63. The molecule has 0 bridgehead atoms. The number of nitrogens with two attached hydrogens (primary N) is 1. The lowest BCUT2D eigenvalue weighted by molar-refractivity contribution is 0.588. The Morgan fingerprint density at radius 3 is 2.88 bits per heavy atom. The summed E-state index contributed by atoms with van der Waals surface area (Å²) in [5, 5.41) is 0. The second-order valence-electron chi connectivity index (χ2n) is 1.05. The van der Waals surface area contributed by atoms with E-state index in [0.29, 0.717) is 0 Å². The van der Waals surface area contributed by atoms with Crippen LogP contribution in [0.25, 0.3) is 0 Å². The van der Waals surface area contributed by atoms with Gasteiger partial charge >= 0.3 is 0 Å². The molecule has 8 heavy (non-hydrogen) atoms. The third kappa shape index (κ3) is 3.27. The maximum Gasteiger partial charge on any atom is 0.214 e. The molecule has 0 amide bonds. The van der Waals surface area contributed by atoms with Crippen molar-refractivity contribution in [3.05, 3.63) is 0 Å². The molecule has 0 unspecified atom stereocenters. The second-order valence-corrected chi connectivity index (χ2v) is 1.05. The van der Waals surface area contributed by atoms with E-state index in [9.17, 15) is 4.39 Å². The third-order valence-electron chi connectivity index (χ3n) is 0.522. The predicted octanol–water partition coefficient (Wildman–Crippen LogP) is -0.0288. The van der Waals surface area contributed by atoms with Gasteiger partial charge in [-0.2, -0.15) is 0 Å². The van der Waals surface area contributed by atoms with Crippen molar-refractivity contribution in [2.75, 3.05) is 13.7 Å². The van der Waals surface area contributed by atoms with Crippen LogP contribution in [0.15, 0.2) is 9.98 Å². The molecule has 0 spiro atoms. The predicted molar refractivity (Wildman–Crippen MR) is 32.0 cm³/mol. The Morgan fingerprint density at radius 1 is 1.88 bits per heavy atom. The van der Waals surface area contributed by atoms with Crippen LogP contribution in [-0.4, -0.2) is 25.9 Å². The molecule has 0 saturated carbocycles.